The molecule has 3 N–H and O–H groups in total. The van der Waals surface area contributed by atoms with Crippen LogP contribution in [0.1, 0.15) is 5.56 Å². The predicted octanol–water partition coefficient (Wildman–Crippen LogP) is 0.364. The molecule has 0 saturated heterocycles. The molecule has 1 aromatic rings. The Kier molecular flexibility index (Phi) is 3.37. The molecule has 2 unspecified atom stereocenters. The van der Waals surface area contributed by atoms with E-state index in [1.54, 1.807) is 36.4 Å². The van der Waals surface area contributed by atoms with Crippen molar-refractivity contribution in [2.45, 2.75) is 10.9 Å². The summed E-state index contributed by atoms with van der Waals surface area (Å²) in [4.78, 5) is 11.6. The number of benzene rings is 1. The number of hydrogen-bond acceptors (Lipinski definition) is 5. The van der Waals surface area contributed by atoms with Crippen LogP contribution in [0.25, 0.3) is 0 Å². The van der Waals surface area contributed by atoms with E-state index >= 15 is 0 Å². The maximum atomic E-state index is 11.5. The minimum absolute atomic E-state index is 0.0207. The molecule has 0 fully saturated rings. The van der Waals surface area contributed by atoms with Gasteiger partial charge in [0.2, 0.25) is 5.91 Å². The number of fused-ring (bicyclic) bond motifs is 1. The molecular weight excluding hydrogens is 302 g/mol. The van der Waals surface area contributed by atoms with Crippen molar-refractivity contribution in [2.75, 3.05) is 6.26 Å². The van der Waals surface area contributed by atoms with Crippen LogP contribution >= 0.6 is 0 Å². The Hall–Kier alpha value is -2.41. The van der Waals surface area contributed by atoms with E-state index in [0.29, 0.717) is 5.57 Å². The van der Waals surface area contributed by atoms with Crippen molar-refractivity contribution in [3.63, 3.8) is 0 Å². The Labute approximate surface area is 128 Å². The first-order valence-electron chi connectivity index (χ1n) is 6.70. The zero-order valence-electron chi connectivity index (χ0n) is 11.9. The first kappa shape index (κ1) is 14.5. The summed E-state index contributed by atoms with van der Waals surface area (Å²) in [5, 5.41) is 4.31. The Balaban J connectivity index is 1.93. The van der Waals surface area contributed by atoms with Crippen molar-refractivity contribution in [1.29, 1.82) is 0 Å². The summed E-state index contributed by atoms with van der Waals surface area (Å²) in [5.74, 6) is -0.579. The first-order chi connectivity index (χ1) is 10.4. The van der Waals surface area contributed by atoms with Gasteiger partial charge >= 0.3 is 0 Å². The fraction of sp³-hybridized carbons (Fsp3) is 0.200. The van der Waals surface area contributed by atoms with Gasteiger partial charge in [-0.2, -0.15) is 5.10 Å². The third-order valence-electron chi connectivity index (χ3n) is 3.74. The standard InChI is InChI=1S/C15H15N3O3S/c1-22(20,21)11-5-2-9(3-6-11)14-12-8-10(15(16)19)4-7-13(12)17-18-14/h2-8,12-13,17H,1H3,(H2,16,19). The molecule has 0 bridgehead atoms. The van der Waals surface area contributed by atoms with Crippen LogP contribution in [-0.2, 0) is 14.6 Å². The second-order valence-corrected chi connectivity index (χ2v) is 7.34. The quantitative estimate of drug-likeness (QED) is 0.840. The predicted molar refractivity (Wildman–Crippen MR) is 82.9 cm³/mol. The molecule has 0 saturated carbocycles. The monoisotopic (exact) mass is 317 g/mol. The maximum Gasteiger partial charge on any atom is 0.248 e. The van der Waals surface area contributed by atoms with Gasteiger partial charge in [0.1, 0.15) is 0 Å². The number of sulfone groups is 1. The van der Waals surface area contributed by atoms with Gasteiger partial charge in [-0.25, -0.2) is 8.42 Å². The molecule has 0 spiro atoms. The van der Waals surface area contributed by atoms with Gasteiger partial charge in [-0.05, 0) is 17.7 Å². The van der Waals surface area contributed by atoms with E-state index in [2.05, 4.69) is 10.5 Å². The van der Waals surface area contributed by atoms with Gasteiger partial charge in [-0.15, -0.1) is 0 Å². The molecule has 1 amide bonds. The molecule has 2 aliphatic rings. The summed E-state index contributed by atoms with van der Waals surface area (Å²) in [6.07, 6.45) is 6.49. The SMILES string of the molecule is CS(=O)(=O)c1ccc(C2=NNC3C=CC(C(N)=O)=CC23)cc1. The average Bonchev–Trinajstić information content (AvgIpc) is 2.89. The first-order valence-corrected chi connectivity index (χ1v) is 8.59. The lowest BCUT2D eigenvalue weighted by molar-refractivity contribution is -0.114. The largest absolute Gasteiger partial charge is 0.366 e. The van der Waals surface area contributed by atoms with Gasteiger partial charge < -0.3 is 11.2 Å². The molecule has 3 rings (SSSR count). The molecule has 1 aromatic carbocycles. The number of nitrogens with zero attached hydrogens (tertiary/aromatic N) is 1. The topological polar surface area (TPSA) is 102 Å². The van der Waals surface area contributed by atoms with E-state index in [-0.39, 0.29) is 16.9 Å². The summed E-state index contributed by atoms with van der Waals surface area (Å²) >= 11 is 0. The molecule has 7 heteroatoms. The number of carbonyl (C=O) groups is 1. The van der Waals surface area contributed by atoms with Crippen molar-refractivity contribution in [3.05, 3.63) is 53.6 Å². The highest BCUT2D eigenvalue weighted by Crippen LogP contribution is 2.26. The molecule has 2 atom stereocenters. The molecule has 114 valence electrons. The number of primary amides is 1. The molecule has 22 heavy (non-hydrogen) atoms. The summed E-state index contributed by atoms with van der Waals surface area (Å²) in [6.45, 7) is 0. The maximum absolute atomic E-state index is 11.5. The Bertz CT molecular complexity index is 820. The zero-order valence-corrected chi connectivity index (χ0v) is 12.7. The Morgan fingerprint density at radius 1 is 1.27 bits per heavy atom. The second-order valence-electron chi connectivity index (χ2n) is 5.32. The molecule has 1 heterocycles. The highest BCUT2D eigenvalue weighted by Gasteiger charge is 2.32. The van der Waals surface area contributed by atoms with Crippen LogP contribution in [-0.4, -0.2) is 32.3 Å². The number of rotatable bonds is 3. The van der Waals surface area contributed by atoms with Gasteiger partial charge in [0.05, 0.1) is 16.6 Å². The number of hydrogen-bond donors (Lipinski definition) is 2. The van der Waals surface area contributed by atoms with E-state index < -0.39 is 15.7 Å². The highest BCUT2D eigenvalue weighted by molar-refractivity contribution is 7.90. The molecular formula is C15H15N3O3S. The smallest absolute Gasteiger partial charge is 0.248 e. The molecule has 0 aromatic heterocycles. The summed E-state index contributed by atoms with van der Waals surface area (Å²) < 4.78 is 23.0. The van der Waals surface area contributed by atoms with E-state index in [0.717, 1.165) is 11.3 Å². The van der Waals surface area contributed by atoms with Gasteiger partial charge in [0.15, 0.2) is 9.84 Å². The van der Waals surface area contributed by atoms with Crippen LogP contribution in [0.15, 0.2) is 58.1 Å². The lowest BCUT2D eigenvalue weighted by Crippen LogP contribution is -2.30. The van der Waals surface area contributed by atoms with Crippen molar-refractivity contribution in [2.24, 2.45) is 16.8 Å². The number of amides is 1. The van der Waals surface area contributed by atoms with Crippen molar-refractivity contribution in [1.82, 2.24) is 5.43 Å². The molecule has 0 radical (unpaired) electrons. The van der Waals surface area contributed by atoms with Crippen LogP contribution < -0.4 is 11.2 Å². The van der Waals surface area contributed by atoms with Crippen LogP contribution in [0.2, 0.25) is 0 Å². The van der Waals surface area contributed by atoms with Crippen LogP contribution in [0, 0.1) is 5.92 Å². The van der Waals surface area contributed by atoms with Crippen LogP contribution in [0.3, 0.4) is 0 Å². The molecule has 6 nitrogen and oxygen atoms in total. The summed E-state index contributed by atoms with van der Waals surface area (Å²) in [5.41, 5.74) is 10.3. The van der Waals surface area contributed by atoms with Gasteiger partial charge in [-0.1, -0.05) is 30.4 Å². The molecule has 1 aliphatic heterocycles. The Morgan fingerprint density at radius 3 is 2.55 bits per heavy atom. The normalized spacial score (nSPS) is 23.3. The summed E-state index contributed by atoms with van der Waals surface area (Å²) in [7, 11) is -3.23. The minimum atomic E-state index is -3.23. The van der Waals surface area contributed by atoms with Gasteiger partial charge in [0, 0.05) is 17.7 Å². The van der Waals surface area contributed by atoms with Crippen molar-refractivity contribution >= 4 is 21.5 Å². The zero-order chi connectivity index (χ0) is 15.9. The lowest BCUT2D eigenvalue weighted by atomic mass is 9.86. The van der Waals surface area contributed by atoms with Crippen LogP contribution in [0.4, 0.5) is 0 Å². The third-order valence-corrected chi connectivity index (χ3v) is 4.87. The number of nitrogens with one attached hydrogen (secondary N) is 1. The van der Waals surface area contributed by atoms with E-state index in [4.69, 9.17) is 5.73 Å². The van der Waals surface area contributed by atoms with E-state index in [9.17, 15) is 13.2 Å². The fourth-order valence-corrected chi connectivity index (χ4v) is 3.20. The second kappa shape index (κ2) is 5.10. The van der Waals surface area contributed by atoms with Gasteiger partial charge in [-0.3, -0.25) is 4.79 Å². The third kappa shape index (κ3) is 2.55. The Morgan fingerprint density at radius 2 is 1.95 bits per heavy atom. The molecule has 1 aliphatic carbocycles. The van der Waals surface area contributed by atoms with Crippen LogP contribution in [0.5, 0.6) is 0 Å². The van der Waals surface area contributed by atoms with E-state index in [1.165, 1.54) is 6.26 Å². The highest BCUT2D eigenvalue weighted by atomic mass is 32.2. The van der Waals surface area contributed by atoms with Crippen molar-refractivity contribution in [3.8, 4) is 0 Å². The number of carbonyl (C=O) groups excluding carboxylic acids is 1. The number of nitrogens with two attached hydrogens (primary N) is 1. The number of hydrazone groups is 1. The fourth-order valence-electron chi connectivity index (χ4n) is 2.56. The summed E-state index contributed by atoms with van der Waals surface area (Å²) in [6, 6.07) is 6.52. The van der Waals surface area contributed by atoms with E-state index in [1.807, 2.05) is 6.08 Å². The van der Waals surface area contributed by atoms with Gasteiger partial charge in [0.25, 0.3) is 0 Å². The van der Waals surface area contributed by atoms with Crippen molar-refractivity contribution < 1.29 is 13.2 Å². The average molecular weight is 317 g/mol. The lowest BCUT2D eigenvalue weighted by Gasteiger charge is -2.19. The minimum Gasteiger partial charge on any atom is -0.366 e.